The molecular weight excluding hydrogens is 502 g/mol. The lowest BCUT2D eigenvalue weighted by atomic mass is 10.1. The smallest absolute Gasteiger partial charge is 0.256 e. The molecule has 184 valence electrons. The second-order valence-electron chi connectivity index (χ2n) is 7.65. The van der Waals surface area contributed by atoms with Crippen LogP contribution in [0.25, 0.3) is 17.7 Å². The third kappa shape index (κ3) is 5.96. The molecule has 0 aliphatic heterocycles. The Labute approximate surface area is 213 Å². The first-order valence-corrected chi connectivity index (χ1v) is 12.6. The van der Waals surface area contributed by atoms with Gasteiger partial charge < -0.3 is 9.47 Å². The highest BCUT2D eigenvalue weighted by Gasteiger charge is 2.22. The third-order valence-electron chi connectivity index (χ3n) is 4.96. The van der Waals surface area contributed by atoms with Crippen LogP contribution in [0.3, 0.4) is 0 Å². The van der Waals surface area contributed by atoms with Crippen molar-refractivity contribution in [1.82, 2.24) is 19.9 Å². The summed E-state index contributed by atoms with van der Waals surface area (Å²) in [5.41, 5.74) is 2.78. The predicted molar refractivity (Wildman–Crippen MR) is 139 cm³/mol. The molecule has 0 aliphatic carbocycles. The van der Waals surface area contributed by atoms with Crippen molar-refractivity contribution in [2.24, 2.45) is 0 Å². The average Bonchev–Trinajstić information content (AvgIpc) is 2.86. The van der Waals surface area contributed by atoms with Crippen molar-refractivity contribution in [2.75, 3.05) is 11.8 Å². The Balaban J connectivity index is 1.75. The Morgan fingerprint density at radius 3 is 2.36 bits per heavy atom. The van der Waals surface area contributed by atoms with Crippen molar-refractivity contribution in [2.45, 2.75) is 13.8 Å². The molecule has 0 atom stereocenters. The van der Waals surface area contributed by atoms with E-state index in [9.17, 15) is 8.42 Å². The molecule has 0 amide bonds. The fourth-order valence-corrected chi connectivity index (χ4v) is 4.26. The molecule has 2 heterocycles. The van der Waals surface area contributed by atoms with E-state index in [0.29, 0.717) is 11.5 Å². The van der Waals surface area contributed by atoms with Gasteiger partial charge in [-0.05, 0) is 49.2 Å². The van der Waals surface area contributed by atoms with Gasteiger partial charge in [0.25, 0.3) is 10.0 Å². The molecule has 0 fully saturated rings. The van der Waals surface area contributed by atoms with Crippen molar-refractivity contribution in [3.05, 3.63) is 88.2 Å². The Kier molecular flexibility index (Phi) is 7.47. The molecule has 9 nitrogen and oxygen atoms in total. The number of rotatable bonds is 8. The van der Waals surface area contributed by atoms with Crippen molar-refractivity contribution in [3.63, 3.8) is 0 Å². The molecule has 2 aromatic carbocycles. The monoisotopic (exact) mass is 523 g/mol. The van der Waals surface area contributed by atoms with Crippen LogP contribution in [0.2, 0.25) is 5.15 Å². The molecule has 0 saturated carbocycles. The Morgan fingerprint density at radius 1 is 0.944 bits per heavy atom. The largest absolute Gasteiger partial charge is 0.493 e. The number of aryl methyl sites for hydroxylation is 2. The maximum Gasteiger partial charge on any atom is 0.256 e. The number of sulfonamides is 1. The topological polar surface area (TPSA) is 116 Å². The van der Waals surface area contributed by atoms with Crippen LogP contribution in [0.5, 0.6) is 17.2 Å². The van der Waals surface area contributed by atoms with E-state index in [-0.39, 0.29) is 28.4 Å². The molecule has 0 spiro atoms. The highest BCUT2D eigenvalue weighted by molar-refractivity contribution is 7.95. The van der Waals surface area contributed by atoms with Crippen molar-refractivity contribution < 1.29 is 17.9 Å². The molecule has 0 aliphatic rings. The van der Waals surface area contributed by atoms with E-state index in [1.807, 2.05) is 32.0 Å². The molecule has 1 N–H and O–H groups in total. The summed E-state index contributed by atoms with van der Waals surface area (Å²) in [6.45, 7) is 3.87. The number of hydrogen-bond acceptors (Lipinski definition) is 8. The Hall–Kier alpha value is -4.02. The van der Waals surface area contributed by atoms with Gasteiger partial charge in [0.05, 0.1) is 12.5 Å². The van der Waals surface area contributed by atoms with Crippen LogP contribution in [0.4, 0.5) is 5.82 Å². The number of methoxy groups -OCH3 is 1. The number of benzene rings is 2. The van der Waals surface area contributed by atoms with Gasteiger partial charge in [-0.1, -0.05) is 47.5 Å². The second kappa shape index (κ2) is 10.7. The standard InChI is InChI=1S/C25H22ClN5O4S/c1-16-9-10-18(17(2)15-16)11-14-36(32,33)31-23-21(35-20-8-5-4-7-19(20)34-3)22(26)29-25(30-23)24-27-12-6-13-28-24/h4-15H,1-3H3,(H,29,30,31)/b14-11+. The highest BCUT2D eigenvalue weighted by Crippen LogP contribution is 2.39. The summed E-state index contributed by atoms with van der Waals surface area (Å²) in [6.07, 6.45) is 4.52. The zero-order valence-electron chi connectivity index (χ0n) is 19.6. The summed E-state index contributed by atoms with van der Waals surface area (Å²) in [4.78, 5) is 16.8. The molecule has 4 aromatic rings. The summed E-state index contributed by atoms with van der Waals surface area (Å²) >= 11 is 6.44. The number of ether oxygens (including phenoxy) is 2. The van der Waals surface area contributed by atoms with Gasteiger partial charge in [0.2, 0.25) is 11.6 Å². The summed E-state index contributed by atoms with van der Waals surface area (Å²) in [6, 6.07) is 14.2. The number of nitrogens with one attached hydrogen (secondary N) is 1. The van der Waals surface area contributed by atoms with Gasteiger partial charge in [0, 0.05) is 12.4 Å². The number of anilines is 1. The molecule has 4 rings (SSSR count). The minimum Gasteiger partial charge on any atom is -0.493 e. The van der Waals surface area contributed by atoms with Gasteiger partial charge in [-0.15, -0.1) is 0 Å². The summed E-state index contributed by atoms with van der Waals surface area (Å²) in [5.74, 6) is 0.588. The van der Waals surface area contributed by atoms with Gasteiger partial charge in [-0.25, -0.2) is 28.4 Å². The van der Waals surface area contributed by atoms with Crippen LogP contribution in [0.15, 0.2) is 66.3 Å². The number of hydrogen-bond donors (Lipinski definition) is 1. The molecule has 0 bridgehead atoms. The van der Waals surface area contributed by atoms with E-state index in [4.69, 9.17) is 21.1 Å². The van der Waals surface area contributed by atoms with Gasteiger partial charge >= 0.3 is 0 Å². The fraction of sp³-hybridized carbons (Fsp3) is 0.120. The molecule has 11 heteroatoms. The average molecular weight is 524 g/mol. The van der Waals surface area contributed by atoms with Crippen LogP contribution in [0.1, 0.15) is 16.7 Å². The van der Waals surface area contributed by atoms with Crippen LogP contribution in [-0.4, -0.2) is 35.5 Å². The lowest BCUT2D eigenvalue weighted by Crippen LogP contribution is -2.13. The van der Waals surface area contributed by atoms with Crippen LogP contribution in [-0.2, 0) is 10.0 Å². The number of para-hydroxylation sites is 2. The Morgan fingerprint density at radius 2 is 1.67 bits per heavy atom. The first-order chi connectivity index (χ1) is 17.3. The SMILES string of the molecule is COc1ccccc1Oc1c(Cl)nc(-c2ncccn2)nc1NS(=O)(=O)/C=C/c1ccc(C)cc1C. The van der Waals surface area contributed by atoms with E-state index >= 15 is 0 Å². The lowest BCUT2D eigenvalue weighted by Gasteiger charge is -2.15. The maximum absolute atomic E-state index is 13.0. The molecule has 0 saturated heterocycles. The summed E-state index contributed by atoms with van der Waals surface area (Å²) in [5, 5.41) is 0.904. The molecule has 2 aromatic heterocycles. The quantitative estimate of drug-likeness (QED) is 0.304. The molecule has 36 heavy (non-hydrogen) atoms. The van der Waals surface area contributed by atoms with Crippen molar-refractivity contribution in [1.29, 1.82) is 0 Å². The van der Waals surface area contributed by atoms with Gasteiger partial charge in [-0.3, -0.25) is 4.72 Å². The molecule has 0 unspecified atom stereocenters. The Bertz CT molecular complexity index is 1530. The zero-order chi connectivity index (χ0) is 25.7. The normalized spacial score (nSPS) is 11.4. The predicted octanol–water partition coefficient (Wildman–Crippen LogP) is 5.42. The van der Waals surface area contributed by atoms with E-state index in [1.165, 1.54) is 25.6 Å². The highest BCUT2D eigenvalue weighted by atomic mass is 35.5. The number of halogens is 1. The molecular formula is C25H22ClN5O4S. The second-order valence-corrected chi connectivity index (χ2v) is 9.58. The van der Waals surface area contributed by atoms with E-state index in [0.717, 1.165) is 22.1 Å². The summed E-state index contributed by atoms with van der Waals surface area (Å²) < 4.78 is 39.7. The van der Waals surface area contributed by atoms with Gasteiger partial charge in [-0.2, -0.15) is 0 Å². The van der Waals surface area contributed by atoms with Crippen LogP contribution < -0.4 is 14.2 Å². The minimum absolute atomic E-state index is 0.0176. The number of aromatic nitrogens is 4. The van der Waals surface area contributed by atoms with E-state index < -0.39 is 10.0 Å². The first kappa shape index (κ1) is 25.1. The summed E-state index contributed by atoms with van der Waals surface area (Å²) in [7, 11) is -2.55. The lowest BCUT2D eigenvalue weighted by molar-refractivity contribution is 0.378. The zero-order valence-corrected chi connectivity index (χ0v) is 21.2. The van der Waals surface area contributed by atoms with E-state index in [2.05, 4.69) is 24.7 Å². The molecule has 0 radical (unpaired) electrons. The fourth-order valence-electron chi connectivity index (χ4n) is 3.25. The van der Waals surface area contributed by atoms with Crippen molar-refractivity contribution in [3.8, 4) is 28.9 Å². The first-order valence-electron chi connectivity index (χ1n) is 10.7. The van der Waals surface area contributed by atoms with Crippen LogP contribution >= 0.6 is 11.6 Å². The van der Waals surface area contributed by atoms with Gasteiger partial charge in [0.1, 0.15) is 0 Å². The van der Waals surface area contributed by atoms with Gasteiger partial charge in [0.15, 0.2) is 28.3 Å². The van der Waals surface area contributed by atoms with E-state index in [1.54, 1.807) is 30.3 Å². The van der Waals surface area contributed by atoms with Crippen molar-refractivity contribution >= 4 is 33.5 Å². The maximum atomic E-state index is 13.0. The van der Waals surface area contributed by atoms with Crippen LogP contribution in [0, 0.1) is 13.8 Å². The number of nitrogens with zero attached hydrogens (tertiary/aromatic N) is 4. The third-order valence-corrected chi connectivity index (χ3v) is 6.19. The minimum atomic E-state index is -4.04.